The van der Waals surface area contributed by atoms with Crippen LogP contribution in [0.1, 0.15) is 0 Å². The fourth-order valence-corrected chi connectivity index (χ4v) is 6.58. The Labute approximate surface area is 289 Å². The van der Waals surface area contributed by atoms with Gasteiger partial charge in [-0.3, -0.25) is 0 Å². The first kappa shape index (κ1) is 28.7. The summed E-state index contributed by atoms with van der Waals surface area (Å²) in [5, 5.41) is 33.0. The Kier molecular flexibility index (Phi) is 6.60. The zero-order chi connectivity index (χ0) is 33.7. The summed E-state index contributed by atoms with van der Waals surface area (Å²) < 4.78 is 19.0. The molecule has 0 saturated heterocycles. The van der Waals surface area contributed by atoms with Crippen molar-refractivity contribution in [3.05, 3.63) is 146 Å². The summed E-state index contributed by atoms with van der Waals surface area (Å²) in [6.45, 7) is 0. The first-order chi connectivity index (χ1) is 25.2. The summed E-state index contributed by atoms with van der Waals surface area (Å²) in [5.74, 6) is 2.14. The minimum atomic E-state index is 0.309. The second-order valence-electron chi connectivity index (χ2n) is 12.1. The molecule has 0 fully saturated rings. The Hall–Kier alpha value is -7.26. The summed E-state index contributed by atoms with van der Waals surface area (Å²) in [6, 6.07) is 47.9. The van der Waals surface area contributed by atoms with Crippen molar-refractivity contribution in [2.75, 3.05) is 0 Å². The molecule has 0 aliphatic carbocycles. The average Bonchev–Trinajstić information content (AvgIpc) is 4.00. The topological polar surface area (TPSA) is 117 Å². The Morgan fingerprint density at radius 1 is 0.275 bits per heavy atom. The van der Waals surface area contributed by atoms with Crippen LogP contribution in [-0.2, 0) is 0 Å². The van der Waals surface area contributed by atoms with Crippen molar-refractivity contribution in [1.82, 2.24) is 30.6 Å². The number of fused-ring (bicyclic) bond motifs is 3. The van der Waals surface area contributed by atoms with Gasteiger partial charge in [0.1, 0.15) is 0 Å². The van der Waals surface area contributed by atoms with Crippen molar-refractivity contribution in [3.63, 3.8) is 0 Å². The molecule has 0 spiro atoms. The minimum Gasteiger partial charge on any atom is -0.416 e. The Morgan fingerprint density at radius 3 is 0.882 bits per heavy atom. The molecular weight excluding hydrogens is 637 g/mol. The lowest BCUT2D eigenvalue weighted by atomic mass is 10.0. The summed E-state index contributed by atoms with van der Waals surface area (Å²) in [4.78, 5) is 0. The van der Waals surface area contributed by atoms with Gasteiger partial charge in [0.15, 0.2) is 0 Å². The van der Waals surface area contributed by atoms with E-state index < -0.39 is 0 Å². The second kappa shape index (κ2) is 11.7. The van der Waals surface area contributed by atoms with Gasteiger partial charge in [0.25, 0.3) is 0 Å². The third-order valence-corrected chi connectivity index (χ3v) is 9.01. The van der Waals surface area contributed by atoms with Gasteiger partial charge in [-0.15, -0.1) is 30.6 Å². The van der Waals surface area contributed by atoms with E-state index in [1.807, 2.05) is 109 Å². The largest absolute Gasteiger partial charge is 0.416 e. The molecule has 51 heavy (non-hydrogen) atoms. The average molecular weight is 661 g/mol. The van der Waals surface area contributed by atoms with E-state index in [1.54, 1.807) is 0 Å². The maximum Gasteiger partial charge on any atom is 0.248 e. The molecule has 0 amide bonds. The van der Waals surface area contributed by atoms with E-state index in [0.29, 0.717) is 52.0 Å². The molecular formula is C42H24N6O3. The van der Waals surface area contributed by atoms with Crippen LogP contribution in [0.2, 0.25) is 0 Å². The predicted octanol–water partition coefficient (Wildman–Crippen LogP) is 10.3. The third kappa shape index (κ3) is 5.03. The maximum atomic E-state index is 6.34. The second-order valence-corrected chi connectivity index (χ2v) is 12.1. The molecule has 9 heteroatoms. The highest BCUT2D eigenvalue weighted by molar-refractivity contribution is 5.96. The fourth-order valence-electron chi connectivity index (χ4n) is 6.58. The maximum absolute atomic E-state index is 6.34. The van der Waals surface area contributed by atoms with Crippen LogP contribution in [-0.4, -0.2) is 30.6 Å². The van der Waals surface area contributed by atoms with E-state index in [2.05, 4.69) is 67.0 Å². The van der Waals surface area contributed by atoms with E-state index >= 15 is 0 Å². The van der Waals surface area contributed by atoms with Crippen LogP contribution in [0.3, 0.4) is 0 Å². The third-order valence-electron chi connectivity index (χ3n) is 9.01. The first-order valence-corrected chi connectivity index (χ1v) is 16.4. The Bertz CT molecular complexity index is 2560. The number of benzene rings is 7. The molecule has 0 aliphatic heterocycles. The standard InChI is InChI=1S/C42H24N6O3/c1-4-16-31-25(10-1)13-7-19-34(31)40-46-43-37(49-40)28-22-29(38-44-47-41(50-38)35-20-8-14-26-11-2-5-17-32(26)35)24-30(23-28)39-45-48-42(51-39)36-21-9-15-27-12-3-6-18-33(27)36/h1-24H. The van der Waals surface area contributed by atoms with E-state index in [4.69, 9.17) is 13.3 Å². The smallest absolute Gasteiger partial charge is 0.248 e. The SMILES string of the molecule is c1ccc2c(-c3nnc(-c4cc(-c5nnc(-c6cccc7ccccc67)o5)cc(-c5nnc(-c6cccc7ccccc67)o5)c4)o3)cccc2c1. The van der Waals surface area contributed by atoms with Crippen LogP contribution < -0.4 is 0 Å². The molecule has 0 bridgehead atoms. The van der Waals surface area contributed by atoms with Gasteiger partial charge >= 0.3 is 0 Å². The molecule has 0 N–H and O–H groups in total. The molecule has 9 nitrogen and oxygen atoms in total. The highest BCUT2D eigenvalue weighted by atomic mass is 16.4. The summed E-state index contributed by atoms with van der Waals surface area (Å²) in [6.07, 6.45) is 0. The van der Waals surface area contributed by atoms with Gasteiger partial charge in [0.05, 0.1) is 0 Å². The molecule has 0 unspecified atom stereocenters. The van der Waals surface area contributed by atoms with Crippen LogP contribution in [0.5, 0.6) is 0 Å². The van der Waals surface area contributed by atoms with Gasteiger partial charge in [0.2, 0.25) is 35.3 Å². The van der Waals surface area contributed by atoms with Crippen molar-refractivity contribution in [2.24, 2.45) is 0 Å². The minimum absolute atomic E-state index is 0.309. The molecule has 0 aliphatic rings. The van der Waals surface area contributed by atoms with Crippen molar-refractivity contribution in [1.29, 1.82) is 0 Å². The van der Waals surface area contributed by atoms with Crippen LogP contribution in [0.4, 0.5) is 0 Å². The number of hydrogen-bond acceptors (Lipinski definition) is 9. The van der Waals surface area contributed by atoms with Crippen molar-refractivity contribution >= 4 is 32.3 Å². The lowest BCUT2D eigenvalue weighted by molar-refractivity contribution is 0.581. The van der Waals surface area contributed by atoms with Gasteiger partial charge in [-0.05, 0) is 68.7 Å². The summed E-state index contributed by atoms with van der Waals surface area (Å²) >= 11 is 0. The van der Waals surface area contributed by atoms with E-state index in [-0.39, 0.29) is 0 Å². The summed E-state index contributed by atoms with van der Waals surface area (Å²) in [5.41, 5.74) is 4.40. The van der Waals surface area contributed by atoms with Crippen LogP contribution >= 0.6 is 0 Å². The zero-order valence-electron chi connectivity index (χ0n) is 26.8. The normalized spacial score (nSPS) is 11.5. The first-order valence-electron chi connectivity index (χ1n) is 16.4. The van der Waals surface area contributed by atoms with Gasteiger partial charge < -0.3 is 13.3 Å². The van der Waals surface area contributed by atoms with Crippen LogP contribution in [0, 0.1) is 0 Å². The molecule has 3 aromatic heterocycles. The molecule has 10 aromatic rings. The monoisotopic (exact) mass is 660 g/mol. The lowest BCUT2D eigenvalue weighted by Crippen LogP contribution is -1.87. The van der Waals surface area contributed by atoms with E-state index in [9.17, 15) is 0 Å². The Morgan fingerprint density at radius 2 is 0.549 bits per heavy atom. The lowest BCUT2D eigenvalue weighted by Gasteiger charge is -2.05. The predicted molar refractivity (Wildman–Crippen MR) is 195 cm³/mol. The molecule has 240 valence electrons. The highest BCUT2D eigenvalue weighted by Crippen LogP contribution is 2.37. The van der Waals surface area contributed by atoms with Gasteiger partial charge in [0, 0.05) is 33.4 Å². The van der Waals surface area contributed by atoms with Gasteiger partial charge in [-0.25, -0.2) is 0 Å². The van der Waals surface area contributed by atoms with Gasteiger partial charge in [-0.1, -0.05) is 109 Å². The molecule has 10 rings (SSSR count). The number of rotatable bonds is 6. The highest BCUT2D eigenvalue weighted by Gasteiger charge is 2.21. The number of hydrogen-bond donors (Lipinski definition) is 0. The molecule has 0 radical (unpaired) electrons. The van der Waals surface area contributed by atoms with Gasteiger partial charge in [-0.2, -0.15) is 0 Å². The quantitative estimate of drug-likeness (QED) is 0.172. The Balaban J connectivity index is 1.10. The zero-order valence-corrected chi connectivity index (χ0v) is 26.8. The molecule has 7 aromatic carbocycles. The number of nitrogens with zero attached hydrogens (tertiary/aromatic N) is 6. The molecule has 0 saturated carbocycles. The van der Waals surface area contributed by atoms with Crippen LogP contribution in [0.15, 0.2) is 159 Å². The van der Waals surface area contributed by atoms with E-state index in [0.717, 1.165) is 49.0 Å². The van der Waals surface area contributed by atoms with Crippen molar-refractivity contribution in [2.45, 2.75) is 0 Å². The van der Waals surface area contributed by atoms with Crippen molar-refractivity contribution < 1.29 is 13.3 Å². The number of aromatic nitrogens is 6. The van der Waals surface area contributed by atoms with Crippen LogP contribution in [0.25, 0.3) is 101 Å². The molecule has 3 heterocycles. The summed E-state index contributed by atoms with van der Waals surface area (Å²) in [7, 11) is 0. The van der Waals surface area contributed by atoms with E-state index in [1.165, 1.54) is 0 Å². The van der Waals surface area contributed by atoms with Crippen molar-refractivity contribution in [3.8, 4) is 68.7 Å². The fraction of sp³-hybridized carbons (Fsp3) is 0. The molecule has 0 atom stereocenters.